The molecule has 0 radical (unpaired) electrons. The largest absolute Gasteiger partial charge is 0.486 e. The van der Waals surface area contributed by atoms with Gasteiger partial charge in [0.25, 0.3) is 5.91 Å². The van der Waals surface area contributed by atoms with Crippen LogP contribution in [0.3, 0.4) is 0 Å². The number of carbonyl (C=O) groups is 2. The summed E-state index contributed by atoms with van der Waals surface area (Å²) < 4.78 is 5.16. The number of hydrogen-bond acceptors (Lipinski definition) is 6. The molecule has 1 heterocycles. The number of hydrogen-bond donors (Lipinski definition) is 3. The molecular formula is C22H29N3O4. The molecule has 1 aliphatic rings. The third-order valence-electron chi connectivity index (χ3n) is 4.51. The maximum Gasteiger partial charge on any atom is 0.251 e. The lowest BCUT2D eigenvalue weighted by atomic mass is 10.1. The molecule has 1 fully saturated rings. The Kier molecular flexibility index (Phi) is 9.30. The van der Waals surface area contributed by atoms with Gasteiger partial charge in [-0.3, -0.25) is 9.59 Å². The zero-order valence-corrected chi connectivity index (χ0v) is 16.7. The molecule has 1 amide bonds. The summed E-state index contributed by atoms with van der Waals surface area (Å²) in [6.45, 7) is 2.84. The van der Waals surface area contributed by atoms with Gasteiger partial charge in [0, 0.05) is 31.7 Å². The first-order valence-electron chi connectivity index (χ1n) is 9.61. The zero-order valence-electron chi connectivity index (χ0n) is 16.7. The molecule has 0 bridgehead atoms. The molecule has 29 heavy (non-hydrogen) atoms. The Morgan fingerprint density at radius 3 is 2.34 bits per heavy atom. The van der Waals surface area contributed by atoms with Gasteiger partial charge in [-0.15, -0.1) is 0 Å². The highest BCUT2D eigenvalue weighted by molar-refractivity contribution is 5.94. The molecule has 0 aromatic heterocycles. The van der Waals surface area contributed by atoms with E-state index >= 15 is 0 Å². The van der Waals surface area contributed by atoms with Gasteiger partial charge in [-0.1, -0.05) is 24.3 Å². The molecule has 1 atom stereocenters. The molecule has 2 aromatic rings. The lowest BCUT2D eigenvalue weighted by molar-refractivity contribution is -0.109. The van der Waals surface area contributed by atoms with Crippen LogP contribution in [0, 0.1) is 0 Å². The van der Waals surface area contributed by atoms with Gasteiger partial charge < -0.3 is 25.8 Å². The number of nitrogens with zero attached hydrogens (tertiary/aromatic N) is 1. The molecule has 4 N–H and O–H groups in total. The predicted molar refractivity (Wildman–Crippen MR) is 112 cm³/mol. The Morgan fingerprint density at radius 1 is 1.21 bits per heavy atom. The number of aliphatic hydroxyl groups is 1. The molecule has 0 saturated carbocycles. The Balaban J connectivity index is 0.000000360. The van der Waals surface area contributed by atoms with E-state index < -0.39 is 0 Å². The van der Waals surface area contributed by atoms with Crippen molar-refractivity contribution in [2.24, 2.45) is 5.73 Å². The maximum atomic E-state index is 12.0. The van der Waals surface area contributed by atoms with E-state index in [-0.39, 0.29) is 18.6 Å². The van der Waals surface area contributed by atoms with E-state index in [9.17, 15) is 9.59 Å². The van der Waals surface area contributed by atoms with Gasteiger partial charge in [0.05, 0.1) is 6.10 Å². The van der Waals surface area contributed by atoms with E-state index in [2.05, 4.69) is 10.2 Å². The van der Waals surface area contributed by atoms with Crippen LogP contribution < -0.4 is 15.8 Å². The van der Waals surface area contributed by atoms with Crippen LogP contribution in [0.15, 0.2) is 48.5 Å². The highest BCUT2D eigenvalue weighted by Crippen LogP contribution is 2.12. The van der Waals surface area contributed by atoms with Gasteiger partial charge in [0.15, 0.2) is 6.29 Å². The summed E-state index contributed by atoms with van der Waals surface area (Å²) in [6.07, 6.45) is 1.60. The number of β-amino-alcohol motifs (C(OH)–C–C–N with tert-alkyl or cyclic N) is 1. The molecule has 1 saturated heterocycles. The smallest absolute Gasteiger partial charge is 0.251 e. The number of likely N-dealkylation sites (tertiary alicyclic amines) is 1. The summed E-state index contributed by atoms with van der Waals surface area (Å²) in [6, 6.07) is 14.4. The first-order valence-corrected chi connectivity index (χ1v) is 9.61. The second-order valence-electron chi connectivity index (χ2n) is 6.91. The lowest BCUT2D eigenvalue weighted by Gasteiger charge is -2.07. The summed E-state index contributed by atoms with van der Waals surface area (Å²) in [7, 11) is 2.02. The van der Waals surface area contributed by atoms with Crippen LogP contribution in [0.1, 0.15) is 27.9 Å². The van der Waals surface area contributed by atoms with Crippen molar-refractivity contribution in [2.75, 3.05) is 26.7 Å². The monoisotopic (exact) mass is 399 g/mol. The molecule has 3 rings (SSSR count). The van der Waals surface area contributed by atoms with Gasteiger partial charge in [-0.25, -0.2) is 0 Å². The van der Waals surface area contributed by atoms with Gasteiger partial charge in [0.2, 0.25) is 0 Å². The van der Waals surface area contributed by atoms with E-state index in [1.54, 1.807) is 24.3 Å². The van der Waals surface area contributed by atoms with Gasteiger partial charge >= 0.3 is 0 Å². The number of aliphatic hydroxyl groups excluding tert-OH is 1. The van der Waals surface area contributed by atoms with Crippen molar-refractivity contribution in [3.63, 3.8) is 0 Å². The molecule has 156 valence electrons. The lowest BCUT2D eigenvalue weighted by Crippen LogP contribution is -2.22. The molecule has 2 aromatic carbocycles. The van der Waals surface area contributed by atoms with Crippen molar-refractivity contribution in [1.29, 1.82) is 0 Å². The van der Waals surface area contributed by atoms with E-state index in [0.29, 0.717) is 30.7 Å². The first-order chi connectivity index (χ1) is 14.0. The number of rotatable bonds is 7. The summed E-state index contributed by atoms with van der Waals surface area (Å²) in [5, 5.41) is 11.7. The third-order valence-corrected chi connectivity index (χ3v) is 4.51. The number of aldehydes is 1. The Hall–Kier alpha value is -2.74. The summed E-state index contributed by atoms with van der Waals surface area (Å²) >= 11 is 0. The van der Waals surface area contributed by atoms with Crippen molar-refractivity contribution in [2.45, 2.75) is 25.6 Å². The summed E-state index contributed by atoms with van der Waals surface area (Å²) in [4.78, 5) is 24.4. The molecule has 1 unspecified atom stereocenters. The molecular weight excluding hydrogens is 370 g/mol. The zero-order chi connectivity index (χ0) is 21.1. The van der Waals surface area contributed by atoms with Crippen LogP contribution in [-0.2, 0) is 17.9 Å². The fraction of sp³-hybridized carbons (Fsp3) is 0.364. The molecule has 7 heteroatoms. The molecule has 1 aliphatic heterocycles. The van der Waals surface area contributed by atoms with Crippen LogP contribution in [0.4, 0.5) is 0 Å². The van der Waals surface area contributed by atoms with E-state index in [0.717, 1.165) is 30.6 Å². The Bertz CT molecular complexity index is 755. The number of nitrogens with one attached hydrogen (secondary N) is 1. The number of nitrogens with two attached hydrogens (primary N) is 1. The van der Waals surface area contributed by atoms with Gasteiger partial charge in [0.1, 0.15) is 12.4 Å². The number of benzene rings is 2. The fourth-order valence-electron chi connectivity index (χ4n) is 2.82. The van der Waals surface area contributed by atoms with Crippen molar-refractivity contribution in [3.8, 4) is 5.75 Å². The van der Waals surface area contributed by atoms with Crippen molar-refractivity contribution >= 4 is 12.2 Å². The number of ether oxygens (including phenoxy) is 1. The van der Waals surface area contributed by atoms with Crippen LogP contribution >= 0.6 is 0 Å². The summed E-state index contributed by atoms with van der Waals surface area (Å²) in [5.41, 5.74) is 8.06. The summed E-state index contributed by atoms with van der Waals surface area (Å²) in [5.74, 6) is 0.490. The van der Waals surface area contributed by atoms with Crippen molar-refractivity contribution in [3.05, 3.63) is 65.2 Å². The van der Waals surface area contributed by atoms with E-state index in [1.807, 2.05) is 31.3 Å². The normalized spacial score (nSPS) is 15.9. The first kappa shape index (κ1) is 22.5. The third kappa shape index (κ3) is 8.03. The Labute approximate surface area is 171 Å². The van der Waals surface area contributed by atoms with Crippen LogP contribution in [0.25, 0.3) is 0 Å². The molecule has 0 aliphatic carbocycles. The number of likely N-dealkylation sites (N-methyl/N-ethyl adjacent to an activating group) is 1. The average Bonchev–Trinajstić information content (AvgIpc) is 3.14. The van der Waals surface area contributed by atoms with Crippen molar-refractivity contribution in [1.82, 2.24) is 10.2 Å². The van der Waals surface area contributed by atoms with E-state index in [1.165, 1.54) is 0 Å². The van der Waals surface area contributed by atoms with Crippen LogP contribution in [0.5, 0.6) is 5.75 Å². The van der Waals surface area contributed by atoms with E-state index in [4.69, 9.17) is 15.6 Å². The highest BCUT2D eigenvalue weighted by Gasteiger charge is 2.15. The minimum atomic E-state index is -0.134. The Morgan fingerprint density at radius 2 is 1.86 bits per heavy atom. The topological polar surface area (TPSA) is 105 Å². The molecule has 7 nitrogen and oxygen atoms in total. The van der Waals surface area contributed by atoms with Crippen molar-refractivity contribution < 1.29 is 19.4 Å². The minimum absolute atomic E-state index is 0.0366. The predicted octanol–water partition coefficient (Wildman–Crippen LogP) is 1.34. The van der Waals surface area contributed by atoms with Gasteiger partial charge in [-0.05, 0) is 48.9 Å². The minimum Gasteiger partial charge on any atom is -0.486 e. The number of amides is 1. The second-order valence-corrected chi connectivity index (χ2v) is 6.91. The second kappa shape index (κ2) is 12.0. The quantitative estimate of drug-likeness (QED) is 0.607. The molecule has 0 spiro atoms. The number of carbonyl (C=O) groups excluding carboxylic acids is 2. The van der Waals surface area contributed by atoms with Gasteiger partial charge in [-0.2, -0.15) is 0 Å². The highest BCUT2D eigenvalue weighted by atomic mass is 16.5. The van der Waals surface area contributed by atoms with Crippen LogP contribution in [0.2, 0.25) is 0 Å². The van der Waals surface area contributed by atoms with Crippen LogP contribution in [-0.4, -0.2) is 55.0 Å². The maximum absolute atomic E-state index is 12.0. The standard InChI is InChI=1S/C17H18N2O3.C5H11NO/c18-11-13-1-5-15(6-2-13)17(21)19-12-14-3-7-16(8-4-14)22-10-9-20;1-6-3-2-5(7)4-6/h1-9H,10-12,18H2,(H,19,21);5,7H,2-4H2,1H3. The SMILES string of the molecule is CN1CCC(O)C1.NCc1ccc(C(=O)NCc2ccc(OCC=O)cc2)cc1. The fourth-order valence-corrected chi connectivity index (χ4v) is 2.82. The average molecular weight is 399 g/mol.